The molecule has 0 aromatic carbocycles. The number of esters is 1. The maximum Gasteiger partial charge on any atom is 0.410 e. The Hall–Kier alpha value is -2.57. The quantitative estimate of drug-likeness (QED) is 0.812. The predicted octanol–water partition coefficient (Wildman–Crippen LogP) is 2.43. The molecule has 2 aliphatic rings. The van der Waals surface area contributed by atoms with Gasteiger partial charge in [0.2, 0.25) is 6.29 Å². The van der Waals surface area contributed by atoms with Crippen LogP contribution < -0.4 is 5.32 Å². The van der Waals surface area contributed by atoms with Crippen LogP contribution in [0, 0.1) is 17.8 Å². The van der Waals surface area contributed by atoms with Gasteiger partial charge in [0.15, 0.2) is 0 Å². The van der Waals surface area contributed by atoms with Crippen molar-refractivity contribution in [1.82, 2.24) is 10.3 Å². The Bertz CT molecular complexity index is 676. The van der Waals surface area contributed by atoms with Gasteiger partial charge in [-0.05, 0) is 30.9 Å². The van der Waals surface area contributed by atoms with Crippen LogP contribution >= 0.6 is 0 Å². The molecule has 0 bridgehead atoms. The third-order valence-corrected chi connectivity index (χ3v) is 5.12. The van der Waals surface area contributed by atoms with Crippen molar-refractivity contribution in [1.29, 1.82) is 0 Å². The minimum absolute atomic E-state index is 0.00230. The van der Waals surface area contributed by atoms with Crippen molar-refractivity contribution in [2.45, 2.75) is 32.5 Å². The summed E-state index contributed by atoms with van der Waals surface area (Å²) in [7, 11) is 1.36. The lowest BCUT2D eigenvalue weighted by molar-refractivity contribution is -0.145. The number of nitrogens with zero attached hydrogens (tertiary/aromatic N) is 1. The first kappa shape index (κ1) is 18.2. The summed E-state index contributed by atoms with van der Waals surface area (Å²) in [6.07, 6.45) is 4.31. The van der Waals surface area contributed by atoms with Crippen molar-refractivity contribution in [3.8, 4) is 0 Å². The first-order valence-corrected chi connectivity index (χ1v) is 8.88. The third-order valence-electron chi connectivity index (χ3n) is 5.12. The van der Waals surface area contributed by atoms with Gasteiger partial charge in [-0.25, -0.2) is 9.59 Å². The van der Waals surface area contributed by atoms with E-state index in [1.807, 2.05) is 18.2 Å². The van der Waals surface area contributed by atoms with Crippen LogP contribution in [0.15, 0.2) is 36.2 Å². The number of ether oxygens (including phenoxy) is 3. The number of carbonyl (C=O) groups excluding carboxylic acids is 2. The van der Waals surface area contributed by atoms with Crippen LogP contribution in [0.5, 0.6) is 0 Å². The fourth-order valence-corrected chi connectivity index (χ4v) is 3.77. The standard InChI is InChI=1S/C19H24N2O5/c1-12-6-7-14-15(17(22)24-2)11-25-18(16(12)14)26-19(23)21-10-8-13-5-3-4-9-20-13/h3-5,9,11-12,14,16,18H,6-8,10H2,1-2H3,(H,21,23). The molecule has 1 fully saturated rings. The van der Waals surface area contributed by atoms with Gasteiger partial charge in [0.25, 0.3) is 0 Å². The lowest BCUT2D eigenvalue weighted by Gasteiger charge is -2.34. The van der Waals surface area contributed by atoms with E-state index in [4.69, 9.17) is 14.2 Å². The highest BCUT2D eigenvalue weighted by Crippen LogP contribution is 2.46. The van der Waals surface area contributed by atoms with Gasteiger partial charge in [-0.1, -0.05) is 13.0 Å². The van der Waals surface area contributed by atoms with Crippen LogP contribution in [0.4, 0.5) is 4.79 Å². The van der Waals surface area contributed by atoms with E-state index in [0.29, 0.717) is 24.5 Å². The summed E-state index contributed by atoms with van der Waals surface area (Å²) in [6, 6.07) is 5.66. The van der Waals surface area contributed by atoms with Gasteiger partial charge in [-0.3, -0.25) is 4.98 Å². The molecule has 0 radical (unpaired) electrons. The molecule has 1 N–H and O–H groups in total. The highest BCUT2D eigenvalue weighted by Gasteiger charge is 2.48. The number of hydrogen-bond donors (Lipinski definition) is 1. The van der Waals surface area contributed by atoms with Gasteiger partial charge in [0, 0.05) is 36.7 Å². The van der Waals surface area contributed by atoms with Crippen LogP contribution in [-0.4, -0.2) is 37.0 Å². The van der Waals surface area contributed by atoms with Crippen LogP contribution in [0.1, 0.15) is 25.5 Å². The number of amides is 1. The lowest BCUT2D eigenvalue weighted by Crippen LogP contribution is -2.41. The third kappa shape index (κ3) is 3.98. The van der Waals surface area contributed by atoms with E-state index in [0.717, 1.165) is 18.5 Å². The molecule has 4 atom stereocenters. The predicted molar refractivity (Wildman–Crippen MR) is 92.8 cm³/mol. The zero-order valence-electron chi connectivity index (χ0n) is 15.0. The Labute approximate surface area is 152 Å². The van der Waals surface area contributed by atoms with E-state index in [1.54, 1.807) is 6.20 Å². The van der Waals surface area contributed by atoms with E-state index < -0.39 is 12.4 Å². The van der Waals surface area contributed by atoms with Gasteiger partial charge >= 0.3 is 12.1 Å². The molecule has 2 heterocycles. The molecule has 3 rings (SSSR count). The summed E-state index contributed by atoms with van der Waals surface area (Å²) in [5, 5.41) is 2.72. The van der Waals surface area contributed by atoms with Crippen molar-refractivity contribution < 1.29 is 23.8 Å². The lowest BCUT2D eigenvalue weighted by atomic mass is 9.83. The molecule has 1 aromatic heterocycles. The molecule has 1 aromatic rings. The summed E-state index contributed by atoms with van der Waals surface area (Å²) in [5.41, 5.74) is 1.43. The second-order valence-corrected chi connectivity index (χ2v) is 6.71. The molecule has 1 amide bonds. The molecule has 1 saturated carbocycles. The van der Waals surface area contributed by atoms with Crippen molar-refractivity contribution >= 4 is 12.1 Å². The average molecular weight is 360 g/mol. The molecule has 1 aliphatic carbocycles. The first-order valence-electron chi connectivity index (χ1n) is 8.88. The number of nitrogens with one attached hydrogen (secondary N) is 1. The largest absolute Gasteiger partial charge is 0.466 e. The number of fused-ring (bicyclic) bond motifs is 1. The molecule has 0 saturated heterocycles. The Balaban J connectivity index is 1.56. The Morgan fingerprint density at radius 1 is 1.35 bits per heavy atom. The van der Waals surface area contributed by atoms with Crippen LogP contribution in [-0.2, 0) is 25.4 Å². The summed E-state index contributed by atoms with van der Waals surface area (Å²) >= 11 is 0. The number of aromatic nitrogens is 1. The fourth-order valence-electron chi connectivity index (χ4n) is 3.77. The summed E-state index contributed by atoms with van der Waals surface area (Å²) in [5.74, 6) is -0.139. The molecule has 7 nitrogen and oxygen atoms in total. The maximum absolute atomic E-state index is 12.1. The fraction of sp³-hybridized carbons (Fsp3) is 0.526. The number of alkyl carbamates (subject to hydrolysis) is 1. The molecular weight excluding hydrogens is 336 g/mol. The molecule has 4 unspecified atom stereocenters. The summed E-state index contributed by atoms with van der Waals surface area (Å²) < 4.78 is 15.9. The molecular formula is C19H24N2O5. The van der Waals surface area contributed by atoms with Gasteiger partial charge < -0.3 is 19.5 Å². The Morgan fingerprint density at radius 3 is 2.92 bits per heavy atom. The molecule has 7 heteroatoms. The van der Waals surface area contributed by atoms with E-state index in [1.165, 1.54) is 13.4 Å². The number of methoxy groups -OCH3 is 1. The summed E-state index contributed by atoms with van der Waals surface area (Å²) in [6.45, 7) is 2.51. The molecule has 0 spiro atoms. The normalized spacial score (nSPS) is 26.9. The van der Waals surface area contributed by atoms with Gasteiger partial charge in [0.05, 0.1) is 18.9 Å². The molecule has 140 valence electrons. The van der Waals surface area contributed by atoms with Gasteiger partial charge in [-0.15, -0.1) is 0 Å². The van der Waals surface area contributed by atoms with Crippen molar-refractivity contribution in [2.24, 2.45) is 17.8 Å². The topological polar surface area (TPSA) is 86.8 Å². The minimum atomic E-state index is -0.694. The van der Waals surface area contributed by atoms with E-state index in [-0.39, 0.29) is 17.8 Å². The SMILES string of the molecule is COC(=O)C1=COC(OC(=O)NCCc2ccccn2)C2C(C)CCC12. The van der Waals surface area contributed by atoms with E-state index in [2.05, 4.69) is 17.2 Å². The number of hydrogen-bond acceptors (Lipinski definition) is 6. The van der Waals surface area contributed by atoms with Crippen molar-refractivity contribution in [2.75, 3.05) is 13.7 Å². The number of pyridine rings is 1. The highest BCUT2D eigenvalue weighted by molar-refractivity contribution is 5.89. The zero-order valence-corrected chi connectivity index (χ0v) is 15.0. The second-order valence-electron chi connectivity index (χ2n) is 6.71. The van der Waals surface area contributed by atoms with E-state index in [9.17, 15) is 9.59 Å². The minimum Gasteiger partial charge on any atom is -0.466 e. The zero-order chi connectivity index (χ0) is 18.5. The number of rotatable bonds is 5. The Kier molecular flexibility index (Phi) is 5.75. The second kappa shape index (κ2) is 8.21. The smallest absolute Gasteiger partial charge is 0.410 e. The average Bonchev–Trinajstić information content (AvgIpc) is 3.04. The number of carbonyl (C=O) groups is 2. The molecule has 26 heavy (non-hydrogen) atoms. The van der Waals surface area contributed by atoms with E-state index >= 15 is 0 Å². The first-order chi connectivity index (χ1) is 12.6. The van der Waals surface area contributed by atoms with Crippen LogP contribution in [0.3, 0.4) is 0 Å². The van der Waals surface area contributed by atoms with Crippen LogP contribution in [0.25, 0.3) is 0 Å². The highest BCUT2D eigenvalue weighted by atomic mass is 16.7. The maximum atomic E-state index is 12.1. The molecule has 1 aliphatic heterocycles. The van der Waals surface area contributed by atoms with Crippen LogP contribution in [0.2, 0.25) is 0 Å². The van der Waals surface area contributed by atoms with Crippen molar-refractivity contribution in [3.05, 3.63) is 41.9 Å². The van der Waals surface area contributed by atoms with Crippen molar-refractivity contribution in [3.63, 3.8) is 0 Å². The van der Waals surface area contributed by atoms with Gasteiger partial charge in [-0.2, -0.15) is 0 Å². The Morgan fingerprint density at radius 2 is 2.19 bits per heavy atom. The monoisotopic (exact) mass is 360 g/mol. The van der Waals surface area contributed by atoms with Gasteiger partial charge in [0.1, 0.15) is 0 Å². The summed E-state index contributed by atoms with van der Waals surface area (Å²) in [4.78, 5) is 28.3.